The summed E-state index contributed by atoms with van der Waals surface area (Å²) in [7, 11) is 0. The highest BCUT2D eigenvalue weighted by molar-refractivity contribution is 5.53. The predicted octanol–water partition coefficient (Wildman–Crippen LogP) is 2.09. The number of aliphatic imine (C=N–C) groups is 1. The van der Waals surface area contributed by atoms with Gasteiger partial charge in [-0.25, -0.2) is 9.98 Å². The van der Waals surface area contributed by atoms with E-state index in [1.807, 2.05) is 26.0 Å². The standard InChI is InChI=1S/C9H12N2O/c1-3-12-7-11-9-6-8(2)4-5-10-9/h4-7H,3H2,1-2H3. The molecule has 0 amide bonds. The highest BCUT2D eigenvalue weighted by Crippen LogP contribution is 2.07. The number of nitrogens with zero attached hydrogens (tertiary/aromatic N) is 2. The number of hydrogen-bond donors (Lipinski definition) is 0. The summed E-state index contributed by atoms with van der Waals surface area (Å²) in [6.07, 6.45) is 3.15. The highest BCUT2D eigenvalue weighted by atomic mass is 16.5. The molecule has 1 aromatic rings. The molecule has 1 aromatic heterocycles. The minimum Gasteiger partial charge on any atom is -0.483 e. The molecule has 3 nitrogen and oxygen atoms in total. The molecule has 1 rings (SSSR count). The summed E-state index contributed by atoms with van der Waals surface area (Å²) in [5, 5.41) is 0. The molecule has 0 bridgehead atoms. The summed E-state index contributed by atoms with van der Waals surface area (Å²) in [6, 6.07) is 3.83. The van der Waals surface area contributed by atoms with Crippen LogP contribution in [0.3, 0.4) is 0 Å². The minimum absolute atomic E-state index is 0.634. The Morgan fingerprint density at radius 2 is 2.50 bits per heavy atom. The summed E-state index contributed by atoms with van der Waals surface area (Å²) < 4.78 is 4.95. The first-order valence-corrected chi connectivity index (χ1v) is 3.89. The highest BCUT2D eigenvalue weighted by Gasteiger charge is 1.88. The van der Waals surface area contributed by atoms with Crippen LogP contribution in [0.1, 0.15) is 12.5 Å². The van der Waals surface area contributed by atoms with Crippen LogP contribution in [0.5, 0.6) is 0 Å². The Hall–Kier alpha value is -1.38. The molecule has 1 heterocycles. The van der Waals surface area contributed by atoms with Crippen molar-refractivity contribution in [1.29, 1.82) is 0 Å². The average molecular weight is 164 g/mol. The molecule has 0 aliphatic heterocycles. The first-order valence-electron chi connectivity index (χ1n) is 3.89. The van der Waals surface area contributed by atoms with Gasteiger partial charge >= 0.3 is 0 Å². The quantitative estimate of drug-likeness (QED) is 0.506. The van der Waals surface area contributed by atoms with Crippen molar-refractivity contribution in [1.82, 2.24) is 4.98 Å². The number of aryl methyl sites for hydroxylation is 1. The van der Waals surface area contributed by atoms with Gasteiger partial charge in [0.2, 0.25) is 0 Å². The molecule has 64 valence electrons. The van der Waals surface area contributed by atoms with Crippen molar-refractivity contribution < 1.29 is 4.74 Å². The minimum atomic E-state index is 0.634. The fourth-order valence-corrected chi connectivity index (χ4v) is 0.757. The van der Waals surface area contributed by atoms with Gasteiger partial charge in [-0.1, -0.05) is 0 Å². The molecule has 0 N–H and O–H groups in total. The molecule has 0 saturated heterocycles. The number of rotatable bonds is 3. The van der Waals surface area contributed by atoms with Crippen LogP contribution in [0, 0.1) is 6.92 Å². The summed E-state index contributed by atoms with van der Waals surface area (Å²) in [5.41, 5.74) is 1.15. The average Bonchev–Trinajstić information content (AvgIpc) is 2.05. The summed E-state index contributed by atoms with van der Waals surface area (Å²) in [5.74, 6) is 0.684. The molecule has 0 aromatic carbocycles. The molecule has 0 fully saturated rings. The second-order valence-corrected chi connectivity index (χ2v) is 2.38. The Morgan fingerprint density at radius 3 is 3.17 bits per heavy atom. The van der Waals surface area contributed by atoms with E-state index in [2.05, 4.69) is 9.98 Å². The van der Waals surface area contributed by atoms with Gasteiger partial charge in [-0.3, -0.25) is 0 Å². The van der Waals surface area contributed by atoms with Crippen molar-refractivity contribution in [3.8, 4) is 0 Å². The van der Waals surface area contributed by atoms with E-state index < -0.39 is 0 Å². The van der Waals surface area contributed by atoms with Crippen molar-refractivity contribution in [3.05, 3.63) is 23.9 Å². The second kappa shape index (κ2) is 4.49. The Morgan fingerprint density at radius 1 is 1.67 bits per heavy atom. The molecule has 0 aliphatic rings. The van der Waals surface area contributed by atoms with Crippen molar-refractivity contribution in [2.75, 3.05) is 6.61 Å². The zero-order chi connectivity index (χ0) is 8.81. The van der Waals surface area contributed by atoms with E-state index in [-0.39, 0.29) is 0 Å². The third-order valence-corrected chi connectivity index (χ3v) is 1.33. The molecule has 3 heteroatoms. The van der Waals surface area contributed by atoms with Gasteiger partial charge in [-0.15, -0.1) is 0 Å². The number of hydrogen-bond acceptors (Lipinski definition) is 3. The van der Waals surface area contributed by atoms with Crippen molar-refractivity contribution in [2.24, 2.45) is 4.99 Å². The summed E-state index contributed by atoms with van der Waals surface area (Å²) in [4.78, 5) is 8.03. The van der Waals surface area contributed by atoms with Gasteiger partial charge in [0, 0.05) is 6.20 Å². The van der Waals surface area contributed by atoms with E-state index in [0.717, 1.165) is 5.56 Å². The van der Waals surface area contributed by atoms with Gasteiger partial charge in [0.15, 0.2) is 12.2 Å². The normalized spacial score (nSPS) is 10.5. The van der Waals surface area contributed by atoms with Gasteiger partial charge in [-0.2, -0.15) is 0 Å². The maximum atomic E-state index is 4.95. The topological polar surface area (TPSA) is 34.5 Å². The fourth-order valence-electron chi connectivity index (χ4n) is 0.757. The third kappa shape index (κ3) is 2.70. The summed E-state index contributed by atoms with van der Waals surface area (Å²) in [6.45, 7) is 4.55. The number of aromatic nitrogens is 1. The molecule has 0 saturated carbocycles. The largest absolute Gasteiger partial charge is 0.483 e. The van der Waals surface area contributed by atoms with Gasteiger partial charge < -0.3 is 4.74 Å². The predicted molar refractivity (Wildman–Crippen MR) is 48.8 cm³/mol. The molecule has 0 atom stereocenters. The van der Waals surface area contributed by atoms with Crippen LogP contribution in [0.4, 0.5) is 5.82 Å². The van der Waals surface area contributed by atoms with Gasteiger partial charge in [-0.05, 0) is 31.5 Å². The van der Waals surface area contributed by atoms with Crippen molar-refractivity contribution in [3.63, 3.8) is 0 Å². The number of ether oxygens (including phenoxy) is 1. The van der Waals surface area contributed by atoms with Crippen LogP contribution >= 0.6 is 0 Å². The summed E-state index contributed by atoms with van der Waals surface area (Å²) >= 11 is 0. The molecular weight excluding hydrogens is 152 g/mol. The third-order valence-electron chi connectivity index (χ3n) is 1.33. The lowest BCUT2D eigenvalue weighted by molar-refractivity contribution is 0.344. The van der Waals surface area contributed by atoms with Crippen LogP contribution in [0.15, 0.2) is 23.3 Å². The van der Waals surface area contributed by atoms with Crippen LogP contribution in [0.25, 0.3) is 0 Å². The van der Waals surface area contributed by atoms with Crippen LogP contribution in [-0.2, 0) is 4.74 Å². The Bertz CT molecular complexity index is 271. The molecular formula is C9H12N2O. The first kappa shape index (κ1) is 8.71. The Balaban J connectivity index is 2.63. The monoisotopic (exact) mass is 164 g/mol. The lowest BCUT2D eigenvalue weighted by Crippen LogP contribution is -1.84. The van der Waals surface area contributed by atoms with Gasteiger partial charge in [0.1, 0.15) is 0 Å². The van der Waals surface area contributed by atoms with Crippen LogP contribution in [0.2, 0.25) is 0 Å². The zero-order valence-corrected chi connectivity index (χ0v) is 7.32. The number of pyridine rings is 1. The Kier molecular flexibility index (Phi) is 3.26. The first-order chi connectivity index (χ1) is 5.83. The maximum absolute atomic E-state index is 4.95. The van der Waals surface area contributed by atoms with E-state index >= 15 is 0 Å². The molecule has 0 unspecified atom stereocenters. The molecule has 0 aliphatic carbocycles. The molecule has 12 heavy (non-hydrogen) atoms. The second-order valence-electron chi connectivity index (χ2n) is 2.38. The zero-order valence-electron chi connectivity index (χ0n) is 7.32. The van der Waals surface area contributed by atoms with Gasteiger partial charge in [0.25, 0.3) is 0 Å². The van der Waals surface area contributed by atoms with E-state index in [0.29, 0.717) is 12.4 Å². The molecule has 0 spiro atoms. The molecule has 0 radical (unpaired) electrons. The van der Waals surface area contributed by atoms with E-state index in [4.69, 9.17) is 4.74 Å². The maximum Gasteiger partial charge on any atom is 0.176 e. The van der Waals surface area contributed by atoms with Crippen molar-refractivity contribution >= 4 is 12.2 Å². The fraction of sp³-hybridized carbons (Fsp3) is 0.333. The lowest BCUT2D eigenvalue weighted by atomic mass is 10.3. The van der Waals surface area contributed by atoms with E-state index in [1.54, 1.807) is 6.20 Å². The SMILES string of the molecule is CCOC=Nc1cc(C)ccn1. The van der Waals surface area contributed by atoms with E-state index in [9.17, 15) is 0 Å². The smallest absolute Gasteiger partial charge is 0.176 e. The van der Waals surface area contributed by atoms with E-state index in [1.165, 1.54) is 6.40 Å². The van der Waals surface area contributed by atoms with Crippen molar-refractivity contribution in [2.45, 2.75) is 13.8 Å². The van der Waals surface area contributed by atoms with Crippen LogP contribution < -0.4 is 0 Å². The van der Waals surface area contributed by atoms with Gasteiger partial charge in [0.05, 0.1) is 6.61 Å². The Labute approximate surface area is 72.1 Å². The van der Waals surface area contributed by atoms with Crippen LogP contribution in [-0.4, -0.2) is 18.0 Å². The lowest BCUT2D eigenvalue weighted by Gasteiger charge is -1.94.